The summed E-state index contributed by atoms with van der Waals surface area (Å²) in [6.45, 7) is 0.549. The van der Waals surface area contributed by atoms with Gasteiger partial charge in [-0.3, -0.25) is 4.79 Å². The van der Waals surface area contributed by atoms with Gasteiger partial charge in [-0.1, -0.05) is 42.5 Å². The number of hydrogen-bond acceptors (Lipinski definition) is 5. The standard InChI is InChI=1S/C20H19N3O4S/c1-27-16-9-5-8-15(12-16)17-18(23-10-11-28(25,26)20(23)22-17)19(24)21-13-14-6-3-2-4-7-14/h2-9,12H,10-11,13H2,1H3,(H,21,24). The average molecular weight is 397 g/mol. The number of ether oxygens (including phenoxy) is 1. The Labute approximate surface area is 162 Å². The Bertz CT molecular complexity index is 1140. The number of fused-ring (bicyclic) bond motifs is 1. The number of carbonyl (C=O) groups excluding carboxylic acids is 1. The number of sulfone groups is 1. The molecule has 28 heavy (non-hydrogen) atoms. The Hall–Kier alpha value is -3.13. The summed E-state index contributed by atoms with van der Waals surface area (Å²) < 4.78 is 31.4. The van der Waals surface area contributed by atoms with Gasteiger partial charge in [-0.05, 0) is 17.7 Å². The Kier molecular flexibility index (Phi) is 4.64. The zero-order chi connectivity index (χ0) is 19.7. The van der Waals surface area contributed by atoms with E-state index in [2.05, 4.69) is 10.3 Å². The largest absolute Gasteiger partial charge is 0.497 e. The van der Waals surface area contributed by atoms with Gasteiger partial charge in [-0.2, -0.15) is 0 Å². The summed E-state index contributed by atoms with van der Waals surface area (Å²) in [6.07, 6.45) is 0. The van der Waals surface area contributed by atoms with Crippen molar-refractivity contribution in [3.63, 3.8) is 0 Å². The van der Waals surface area contributed by atoms with Crippen molar-refractivity contribution in [1.29, 1.82) is 0 Å². The zero-order valence-electron chi connectivity index (χ0n) is 15.3. The van der Waals surface area contributed by atoms with Crippen LogP contribution in [0.2, 0.25) is 0 Å². The third-order valence-electron chi connectivity index (χ3n) is 4.65. The topological polar surface area (TPSA) is 90.3 Å². The molecular weight excluding hydrogens is 378 g/mol. The third-order valence-corrected chi connectivity index (χ3v) is 6.24. The second kappa shape index (κ2) is 7.12. The van der Waals surface area contributed by atoms with E-state index in [1.807, 2.05) is 30.3 Å². The molecule has 0 aliphatic carbocycles. The maximum Gasteiger partial charge on any atom is 0.270 e. The molecule has 1 aliphatic rings. The van der Waals surface area contributed by atoms with Crippen molar-refractivity contribution >= 4 is 15.7 Å². The summed E-state index contributed by atoms with van der Waals surface area (Å²) in [5.74, 6) is 0.189. The lowest BCUT2D eigenvalue weighted by Crippen LogP contribution is -2.26. The molecule has 0 radical (unpaired) electrons. The van der Waals surface area contributed by atoms with Crippen LogP contribution in [0.5, 0.6) is 5.75 Å². The van der Waals surface area contributed by atoms with Gasteiger partial charge in [0.1, 0.15) is 17.1 Å². The number of nitrogens with zero attached hydrogens (tertiary/aromatic N) is 2. The molecule has 3 aromatic rings. The minimum absolute atomic E-state index is 0.0489. The SMILES string of the molecule is COc1cccc(-c2nc3n(c2C(=O)NCc2ccccc2)CCS3(=O)=O)c1. The first-order valence-corrected chi connectivity index (χ1v) is 10.4. The van der Waals surface area contributed by atoms with Gasteiger partial charge in [-0.25, -0.2) is 13.4 Å². The molecular formula is C20H19N3O4S. The summed E-state index contributed by atoms with van der Waals surface area (Å²) in [6, 6.07) is 16.6. The minimum atomic E-state index is -3.49. The fourth-order valence-electron chi connectivity index (χ4n) is 3.24. The van der Waals surface area contributed by atoms with Crippen LogP contribution in [0.4, 0.5) is 0 Å². The summed E-state index contributed by atoms with van der Waals surface area (Å²) in [5.41, 5.74) is 2.16. The number of benzene rings is 2. The summed E-state index contributed by atoms with van der Waals surface area (Å²) in [5, 5.41) is 2.81. The van der Waals surface area contributed by atoms with Crippen molar-refractivity contribution < 1.29 is 17.9 Å². The van der Waals surface area contributed by atoms with Crippen LogP contribution in [0.1, 0.15) is 16.1 Å². The maximum atomic E-state index is 13.0. The third kappa shape index (κ3) is 3.27. The van der Waals surface area contributed by atoms with Crippen molar-refractivity contribution in [2.45, 2.75) is 18.2 Å². The van der Waals surface area contributed by atoms with Crippen molar-refractivity contribution in [3.8, 4) is 17.0 Å². The summed E-state index contributed by atoms with van der Waals surface area (Å²) >= 11 is 0. The number of carbonyl (C=O) groups is 1. The molecule has 0 saturated carbocycles. The molecule has 0 saturated heterocycles. The highest BCUT2D eigenvalue weighted by atomic mass is 32.2. The quantitative estimate of drug-likeness (QED) is 0.713. The second-order valence-corrected chi connectivity index (χ2v) is 8.47. The first-order valence-electron chi connectivity index (χ1n) is 8.79. The van der Waals surface area contributed by atoms with Gasteiger partial charge in [0.25, 0.3) is 5.91 Å². The highest BCUT2D eigenvalue weighted by Crippen LogP contribution is 2.31. The molecule has 2 heterocycles. The Morgan fingerprint density at radius 1 is 1.18 bits per heavy atom. The fourth-order valence-corrected chi connectivity index (χ4v) is 4.60. The average Bonchev–Trinajstić information content (AvgIpc) is 3.24. The van der Waals surface area contributed by atoms with Crippen LogP contribution in [-0.2, 0) is 22.9 Å². The molecule has 1 aliphatic heterocycles. The predicted molar refractivity (Wildman–Crippen MR) is 104 cm³/mol. The molecule has 0 unspecified atom stereocenters. The predicted octanol–water partition coefficient (Wildman–Crippen LogP) is 2.28. The Balaban J connectivity index is 1.75. The molecule has 1 amide bonds. The first kappa shape index (κ1) is 18.2. The Morgan fingerprint density at radius 3 is 2.71 bits per heavy atom. The van der Waals surface area contributed by atoms with E-state index in [9.17, 15) is 13.2 Å². The maximum absolute atomic E-state index is 13.0. The van der Waals surface area contributed by atoms with Crippen LogP contribution in [0.25, 0.3) is 11.3 Å². The number of imidazole rings is 1. The molecule has 0 bridgehead atoms. The molecule has 1 aromatic heterocycles. The molecule has 4 rings (SSSR count). The van der Waals surface area contributed by atoms with Crippen LogP contribution in [0.15, 0.2) is 59.8 Å². The number of hydrogen-bond donors (Lipinski definition) is 1. The van der Waals surface area contributed by atoms with Gasteiger partial charge >= 0.3 is 0 Å². The normalized spacial score (nSPS) is 14.5. The Morgan fingerprint density at radius 2 is 1.96 bits per heavy atom. The van der Waals surface area contributed by atoms with E-state index >= 15 is 0 Å². The molecule has 2 aromatic carbocycles. The number of aromatic nitrogens is 2. The van der Waals surface area contributed by atoms with Gasteiger partial charge in [0, 0.05) is 18.7 Å². The van der Waals surface area contributed by atoms with E-state index in [4.69, 9.17) is 4.74 Å². The molecule has 8 heteroatoms. The highest BCUT2D eigenvalue weighted by molar-refractivity contribution is 7.91. The van der Waals surface area contributed by atoms with Crippen LogP contribution in [0.3, 0.4) is 0 Å². The van der Waals surface area contributed by atoms with Crippen LogP contribution in [-0.4, -0.2) is 36.7 Å². The smallest absolute Gasteiger partial charge is 0.270 e. The number of methoxy groups -OCH3 is 1. The van der Waals surface area contributed by atoms with E-state index in [1.54, 1.807) is 31.4 Å². The van der Waals surface area contributed by atoms with E-state index in [0.717, 1.165) is 5.56 Å². The van der Waals surface area contributed by atoms with Gasteiger partial charge in [-0.15, -0.1) is 0 Å². The molecule has 7 nitrogen and oxygen atoms in total. The lowest BCUT2D eigenvalue weighted by Gasteiger charge is -2.10. The molecule has 0 fully saturated rings. The molecule has 144 valence electrons. The van der Waals surface area contributed by atoms with Gasteiger partial charge < -0.3 is 14.6 Å². The van der Waals surface area contributed by atoms with Crippen molar-refractivity contribution in [2.24, 2.45) is 0 Å². The van der Waals surface area contributed by atoms with E-state index in [0.29, 0.717) is 23.6 Å². The van der Waals surface area contributed by atoms with E-state index < -0.39 is 9.84 Å². The van der Waals surface area contributed by atoms with Crippen LogP contribution < -0.4 is 10.1 Å². The van der Waals surface area contributed by atoms with Gasteiger partial charge in [0.2, 0.25) is 15.0 Å². The minimum Gasteiger partial charge on any atom is -0.497 e. The highest BCUT2D eigenvalue weighted by Gasteiger charge is 2.35. The second-order valence-electron chi connectivity index (χ2n) is 6.46. The lowest BCUT2D eigenvalue weighted by atomic mass is 10.1. The fraction of sp³-hybridized carbons (Fsp3) is 0.200. The van der Waals surface area contributed by atoms with E-state index in [1.165, 1.54) is 4.57 Å². The van der Waals surface area contributed by atoms with E-state index in [-0.39, 0.29) is 29.1 Å². The van der Waals surface area contributed by atoms with Crippen molar-refractivity contribution in [1.82, 2.24) is 14.9 Å². The van der Waals surface area contributed by atoms with Crippen LogP contribution >= 0.6 is 0 Å². The number of nitrogens with one attached hydrogen (secondary N) is 1. The number of rotatable bonds is 5. The first-order chi connectivity index (χ1) is 13.5. The van der Waals surface area contributed by atoms with Crippen molar-refractivity contribution in [3.05, 3.63) is 65.9 Å². The molecule has 0 atom stereocenters. The summed E-state index contributed by atoms with van der Waals surface area (Å²) in [4.78, 5) is 17.3. The lowest BCUT2D eigenvalue weighted by molar-refractivity contribution is 0.0942. The molecule has 1 N–H and O–H groups in total. The zero-order valence-corrected chi connectivity index (χ0v) is 16.1. The monoisotopic (exact) mass is 397 g/mol. The van der Waals surface area contributed by atoms with Gasteiger partial charge in [0.15, 0.2) is 0 Å². The summed E-state index contributed by atoms with van der Waals surface area (Å²) in [7, 11) is -1.95. The van der Waals surface area contributed by atoms with Crippen LogP contribution in [0, 0.1) is 0 Å². The van der Waals surface area contributed by atoms with Gasteiger partial charge in [0.05, 0.1) is 12.9 Å². The molecule has 0 spiro atoms. The van der Waals surface area contributed by atoms with Crippen molar-refractivity contribution in [2.75, 3.05) is 12.9 Å². The number of amides is 1.